The molecule has 0 radical (unpaired) electrons. The Bertz CT molecular complexity index is 385. The Morgan fingerprint density at radius 3 is 2.82 bits per heavy atom. The molecule has 1 rings (SSSR count). The summed E-state index contributed by atoms with van der Waals surface area (Å²) in [5.41, 5.74) is 5.72. The van der Waals surface area contributed by atoms with E-state index in [-0.39, 0.29) is 11.7 Å². The van der Waals surface area contributed by atoms with E-state index < -0.39 is 0 Å². The van der Waals surface area contributed by atoms with Crippen molar-refractivity contribution in [2.45, 2.75) is 57.3 Å². The van der Waals surface area contributed by atoms with Crippen LogP contribution in [0.5, 0.6) is 0 Å². The molecule has 0 amide bonds. The van der Waals surface area contributed by atoms with Gasteiger partial charge in [0.25, 0.3) is 0 Å². The summed E-state index contributed by atoms with van der Waals surface area (Å²) >= 11 is 1.61. The molecule has 1 aromatic heterocycles. The van der Waals surface area contributed by atoms with E-state index in [0.717, 1.165) is 30.2 Å². The monoisotopic (exact) mass is 258 g/mol. The van der Waals surface area contributed by atoms with Crippen molar-refractivity contribution in [3.63, 3.8) is 0 Å². The first-order valence-electron chi connectivity index (χ1n) is 6.11. The zero-order chi connectivity index (χ0) is 12.8. The van der Waals surface area contributed by atoms with Crippen LogP contribution in [0.25, 0.3) is 0 Å². The molecule has 0 spiro atoms. The number of nitrogens with one attached hydrogen (secondary N) is 1. The second kappa shape index (κ2) is 6.86. The van der Waals surface area contributed by atoms with Crippen LogP contribution in [0.2, 0.25) is 0 Å². The van der Waals surface area contributed by atoms with E-state index in [9.17, 15) is 4.79 Å². The van der Waals surface area contributed by atoms with E-state index in [1.807, 2.05) is 13.8 Å². The minimum atomic E-state index is -0.132. The third-order valence-electron chi connectivity index (χ3n) is 2.66. The third-order valence-corrected chi connectivity index (χ3v) is 3.70. The van der Waals surface area contributed by atoms with Crippen molar-refractivity contribution in [3.8, 4) is 0 Å². The van der Waals surface area contributed by atoms with Gasteiger partial charge in [0.1, 0.15) is 0 Å². The van der Waals surface area contributed by atoms with Gasteiger partial charge >= 0.3 is 5.69 Å². The Hall–Kier alpha value is -0.750. The fourth-order valence-electron chi connectivity index (χ4n) is 1.56. The van der Waals surface area contributed by atoms with Crippen LogP contribution in [0.3, 0.4) is 0 Å². The number of H-pyrrole nitrogens is 1. The number of thioether (sulfide) groups is 1. The van der Waals surface area contributed by atoms with Gasteiger partial charge in [0.05, 0.1) is 0 Å². The van der Waals surface area contributed by atoms with Gasteiger partial charge in [-0.15, -0.1) is 5.10 Å². The number of nitrogens with two attached hydrogens (primary N) is 1. The highest BCUT2D eigenvalue weighted by molar-refractivity contribution is 7.99. The summed E-state index contributed by atoms with van der Waals surface area (Å²) < 4.78 is 1.68. The standard InChI is InChI=1S/C11H22N4OS/c1-4-9(12)6-5-7-17-11-14-13-10(16)15(11)8(2)3/h8-9H,4-7,12H2,1-3H3,(H,13,16). The lowest BCUT2D eigenvalue weighted by Gasteiger charge is -2.09. The second-order valence-electron chi connectivity index (χ2n) is 4.43. The zero-order valence-electron chi connectivity index (χ0n) is 10.8. The summed E-state index contributed by atoms with van der Waals surface area (Å²) in [4.78, 5) is 11.5. The van der Waals surface area contributed by atoms with Gasteiger partial charge in [-0.3, -0.25) is 4.57 Å². The van der Waals surface area contributed by atoms with Gasteiger partial charge < -0.3 is 5.73 Å². The molecule has 17 heavy (non-hydrogen) atoms. The molecule has 98 valence electrons. The number of rotatable bonds is 7. The molecule has 5 nitrogen and oxygen atoms in total. The van der Waals surface area contributed by atoms with E-state index >= 15 is 0 Å². The van der Waals surface area contributed by atoms with Crippen molar-refractivity contribution in [2.24, 2.45) is 5.73 Å². The van der Waals surface area contributed by atoms with Gasteiger partial charge in [0, 0.05) is 17.8 Å². The molecule has 1 heterocycles. The van der Waals surface area contributed by atoms with Crippen molar-refractivity contribution < 1.29 is 0 Å². The van der Waals surface area contributed by atoms with Gasteiger partial charge in [0.2, 0.25) is 0 Å². The molecule has 0 aliphatic heterocycles. The van der Waals surface area contributed by atoms with E-state index in [2.05, 4.69) is 17.1 Å². The number of nitrogens with zero attached hydrogens (tertiary/aromatic N) is 2. The minimum absolute atomic E-state index is 0.132. The normalized spacial score (nSPS) is 13.2. The minimum Gasteiger partial charge on any atom is -0.328 e. The fraction of sp³-hybridized carbons (Fsp3) is 0.818. The predicted octanol–water partition coefficient (Wildman–Crippen LogP) is 1.76. The molecular formula is C11H22N4OS. The van der Waals surface area contributed by atoms with Crippen LogP contribution in [-0.4, -0.2) is 26.6 Å². The maximum absolute atomic E-state index is 11.5. The average Bonchev–Trinajstić information content (AvgIpc) is 2.65. The summed E-state index contributed by atoms with van der Waals surface area (Å²) in [7, 11) is 0. The molecule has 0 aliphatic carbocycles. The topological polar surface area (TPSA) is 76.7 Å². The van der Waals surface area contributed by atoms with Crippen LogP contribution in [0.4, 0.5) is 0 Å². The molecule has 0 fully saturated rings. The Kier molecular flexibility index (Phi) is 5.77. The molecule has 6 heteroatoms. The average molecular weight is 258 g/mol. The summed E-state index contributed by atoms with van der Waals surface area (Å²) in [6.45, 7) is 6.06. The van der Waals surface area contributed by atoms with Crippen LogP contribution in [0.1, 0.15) is 46.1 Å². The lowest BCUT2D eigenvalue weighted by Crippen LogP contribution is -2.19. The van der Waals surface area contributed by atoms with Crippen molar-refractivity contribution in [3.05, 3.63) is 10.5 Å². The van der Waals surface area contributed by atoms with Crippen LogP contribution in [0, 0.1) is 0 Å². The highest BCUT2D eigenvalue weighted by Gasteiger charge is 2.11. The molecule has 0 aliphatic rings. The van der Waals surface area contributed by atoms with E-state index in [0.29, 0.717) is 6.04 Å². The lowest BCUT2D eigenvalue weighted by atomic mass is 10.1. The van der Waals surface area contributed by atoms with E-state index in [1.54, 1.807) is 16.3 Å². The van der Waals surface area contributed by atoms with Gasteiger partial charge in [-0.1, -0.05) is 18.7 Å². The predicted molar refractivity (Wildman–Crippen MR) is 71.5 cm³/mol. The molecule has 1 unspecified atom stereocenters. The molecule has 0 saturated heterocycles. The Morgan fingerprint density at radius 1 is 1.53 bits per heavy atom. The summed E-state index contributed by atoms with van der Waals surface area (Å²) in [5, 5.41) is 7.30. The van der Waals surface area contributed by atoms with E-state index in [1.165, 1.54) is 0 Å². The maximum Gasteiger partial charge on any atom is 0.344 e. The Balaban J connectivity index is 2.44. The molecule has 1 atom stereocenters. The van der Waals surface area contributed by atoms with Crippen molar-refractivity contribution in [1.29, 1.82) is 0 Å². The maximum atomic E-state index is 11.5. The quantitative estimate of drug-likeness (QED) is 0.577. The highest BCUT2D eigenvalue weighted by atomic mass is 32.2. The molecule has 0 saturated carbocycles. The highest BCUT2D eigenvalue weighted by Crippen LogP contribution is 2.18. The second-order valence-corrected chi connectivity index (χ2v) is 5.50. The fourth-order valence-corrected chi connectivity index (χ4v) is 2.60. The van der Waals surface area contributed by atoms with Crippen LogP contribution >= 0.6 is 11.8 Å². The molecular weight excluding hydrogens is 236 g/mol. The molecule has 1 aromatic rings. The number of aromatic amines is 1. The summed E-state index contributed by atoms with van der Waals surface area (Å²) in [6, 6.07) is 0.434. The molecule has 0 aromatic carbocycles. The summed E-state index contributed by atoms with van der Waals surface area (Å²) in [5.74, 6) is 0.949. The van der Waals surface area contributed by atoms with Gasteiger partial charge in [-0.25, -0.2) is 9.89 Å². The lowest BCUT2D eigenvalue weighted by molar-refractivity contribution is 0.533. The number of aromatic nitrogens is 3. The van der Waals surface area contributed by atoms with Crippen molar-refractivity contribution >= 4 is 11.8 Å². The van der Waals surface area contributed by atoms with Gasteiger partial charge in [-0.05, 0) is 33.1 Å². The first-order valence-corrected chi connectivity index (χ1v) is 7.10. The van der Waals surface area contributed by atoms with Crippen molar-refractivity contribution in [2.75, 3.05) is 5.75 Å². The first kappa shape index (κ1) is 14.3. The number of hydrogen-bond donors (Lipinski definition) is 2. The third kappa shape index (κ3) is 4.20. The summed E-state index contributed by atoms with van der Waals surface area (Å²) in [6.07, 6.45) is 3.10. The van der Waals surface area contributed by atoms with Crippen LogP contribution in [0.15, 0.2) is 9.95 Å². The zero-order valence-corrected chi connectivity index (χ0v) is 11.6. The first-order chi connectivity index (χ1) is 8.06. The Labute approximate surface area is 106 Å². The number of hydrogen-bond acceptors (Lipinski definition) is 4. The molecule has 0 bridgehead atoms. The Morgan fingerprint density at radius 2 is 2.24 bits per heavy atom. The van der Waals surface area contributed by atoms with Crippen LogP contribution in [-0.2, 0) is 0 Å². The van der Waals surface area contributed by atoms with Crippen molar-refractivity contribution in [1.82, 2.24) is 14.8 Å². The van der Waals surface area contributed by atoms with E-state index in [4.69, 9.17) is 5.73 Å². The molecule has 3 N–H and O–H groups in total. The van der Waals surface area contributed by atoms with Gasteiger partial charge in [-0.2, -0.15) is 0 Å². The largest absolute Gasteiger partial charge is 0.344 e. The van der Waals surface area contributed by atoms with Gasteiger partial charge in [0.15, 0.2) is 5.16 Å². The smallest absolute Gasteiger partial charge is 0.328 e. The van der Waals surface area contributed by atoms with Crippen LogP contribution < -0.4 is 11.4 Å². The SMILES string of the molecule is CCC(N)CCCSc1n[nH]c(=O)n1C(C)C.